The van der Waals surface area contributed by atoms with Gasteiger partial charge < -0.3 is 10.1 Å². The minimum absolute atomic E-state index is 0.0637. The molecule has 0 bridgehead atoms. The molecule has 160 valence electrons. The lowest BCUT2D eigenvalue weighted by Gasteiger charge is -2.05. The number of aliphatic imine (C=N–C) groups is 1. The maximum atomic E-state index is 13.9. The zero-order valence-corrected chi connectivity index (χ0v) is 17.1. The number of hydrogen-bond acceptors (Lipinski definition) is 6. The fraction of sp³-hybridized carbons (Fsp3) is 0.0417. The second kappa shape index (κ2) is 7.49. The second-order valence-electron chi connectivity index (χ2n) is 7.61. The number of imidazole rings is 1. The minimum atomic E-state index is -0.313. The van der Waals surface area contributed by atoms with Crippen LogP contribution in [-0.2, 0) is 6.54 Å². The number of pyridine rings is 2. The van der Waals surface area contributed by atoms with Gasteiger partial charge in [0.1, 0.15) is 17.3 Å². The third-order valence-corrected chi connectivity index (χ3v) is 5.46. The number of aromatic nitrogens is 6. The molecule has 9 heteroatoms. The highest BCUT2D eigenvalue weighted by Gasteiger charge is 2.21. The third kappa shape index (κ3) is 3.35. The first-order valence-electron chi connectivity index (χ1n) is 10.2. The highest BCUT2D eigenvalue weighted by molar-refractivity contribution is 5.95. The normalized spacial score (nSPS) is 13.1. The molecule has 0 spiro atoms. The molecule has 8 nitrogen and oxygen atoms in total. The van der Waals surface area contributed by atoms with Crippen LogP contribution in [0, 0.1) is 5.82 Å². The summed E-state index contributed by atoms with van der Waals surface area (Å²) in [5.74, 6) is 0.317. The monoisotopic (exact) mass is 437 g/mol. The molecule has 1 aliphatic heterocycles. The van der Waals surface area contributed by atoms with E-state index >= 15 is 0 Å². The van der Waals surface area contributed by atoms with Crippen LogP contribution in [0.4, 0.5) is 4.39 Å². The number of halogens is 1. The van der Waals surface area contributed by atoms with E-state index in [0.29, 0.717) is 35.0 Å². The van der Waals surface area contributed by atoms with Crippen LogP contribution in [0.5, 0.6) is 5.75 Å². The quantitative estimate of drug-likeness (QED) is 0.390. The highest BCUT2D eigenvalue weighted by Crippen LogP contribution is 2.32. The molecule has 0 fully saturated rings. The van der Waals surface area contributed by atoms with Crippen molar-refractivity contribution in [1.29, 1.82) is 0 Å². The van der Waals surface area contributed by atoms with Crippen molar-refractivity contribution in [3.05, 3.63) is 83.8 Å². The van der Waals surface area contributed by atoms with Gasteiger partial charge in [0.05, 0.1) is 41.5 Å². The maximum absolute atomic E-state index is 13.9. The van der Waals surface area contributed by atoms with Crippen LogP contribution in [0.25, 0.3) is 39.3 Å². The predicted molar refractivity (Wildman–Crippen MR) is 122 cm³/mol. The summed E-state index contributed by atoms with van der Waals surface area (Å²) in [6.45, 7) is 0.418. The largest absolute Gasteiger partial charge is 0.506 e. The number of aromatic hydroxyl groups is 1. The lowest BCUT2D eigenvalue weighted by atomic mass is 10.0. The van der Waals surface area contributed by atoms with Crippen molar-refractivity contribution in [3.8, 4) is 28.5 Å². The molecule has 33 heavy (non-hydrogen) atoms. The van der Waals surface area contributed by atoms with Gasteiger partial charge in [-0.25, -0.2) is 9.37 Å². The van der Waals surface area contributed by atoms with Gasteiger partial charge in [-0.3, -0.25) is 20.1 Å². The summed E-state index contributed by atoms with van der Waals surface area (Å²) in [5.41, 5.74) is 5.72. The van der Waals surface area contributed by atoms with Gasteiger partial charge in [0, 0.05) is 28.9 Å². The first kappa shape index (κ1) is 19.1. The van der Waals surface area contributed by atoms with Crippen molar-refractivity contribution in [2.75, 3.05) is 0 Å². The molecule has 0 aliphatic carbocycles. The van der Waals surface area contributed by atoms with Gasteiger partial charge in [0.2, 0.25) is 0 Å². The summed E-state index contributed by atoms with van der Waals surface area (Å²) in [7, 11) is 0. The number of aromatic amines is 2. The van der Waals surface area contributed by atoms with Crippen molar-refractivity contribution < 1.29 is 9.50 Å². The van der Waals surface area contributed by atoms with Crippen LogP contribution < -0.4 is 0 Å². The van der Waals surface area contributed by atoms with Crippen LogP contribution in [-0.4, -0.2) is 41.5 Å². The maximum Gasteiger partial charge on any atom is 0.159 e. The van der Waals surface area contributed by atoms with E-state index in [4.69, 9.17) is 4.98 Å². The Kier molecular flexibility index (Phi) is 4.32. The highest BCUT2D eigenvalue weighted by atomic mass is 19.1. The summed E-state index contributed by atoms with van der Waals surface area (Å²) < 4.78 is 13.9. The van der Waals surface area contributed by atoms with Crippen LogP contribution in [0.2, 0.25) is 0 Å². The van der Waals surface area contributed by atoms with Crippen LogP contribution in [0.3, 0.4) is 0 Å². The van der Waals surface area contributed by atoms with Crippen molar-refractivity contribution >= 4 is 22.7 Å². The Hall–Kier alpha value is -4.66. The number of nitrogens with one attached hydrogen (secondary N) is 2. The lowest BCUT2D eigenvalue weighted by molar-refractivity contribution is 0.473. The van der Waals surface area contributed by atoms with E-state index in [-0.39, 0.29) is 11.6 Å². The molecule has 5 aromatic rings. The standard InChI is InChI=1S/C24H16FN7O/c25-15-3-1-2-13(6-15)17-4-5-26-11-21-22(17)30-24(29-21)23-18-8-19(28-12-20(18)31-32-23)14-7-16(33)10-27-9-14/h1-10,12,33H,11H2,(H,29,30)(H,31,32). The second-order valence-corrected chi connectivity index (χ2v) is 7.61. The van der Waals surface area contributed by atoms with Gasteiger partial charge in [-0.1, -0.05) is 12.1 Å². The summed E-state index contributed by atoms with van der Waals surface area (Å²) in [6.07, 6.45) is 8.23. The first-order valence-corrected chi connectivity index (χ1v) is 10.2. The molecule has 1 aromatic carbocycles. The number of rotatable bonds is 3. The fourth-order valence-corrected chi connectivity index (χ4v) is 3.92. The average Bonchev–Trinajstić information content (AvgIpc) is 3.37. The van der Waals surface area contributed by atoms with E-state index in [1.807, 2.05) is 18.2 Å². The Labute approximate surface area is 186 Å². The lowest BCUT2D eigenvalue weighted by Crippen LogP contribution is -1.93. The molecule has 0 amide bonds. The van der Waals surface area contributed by atoms with E-state index in [9.17, 15) is 9.50 Å². The molecule has 1 aliphatic rings. The average molecular weight is 437 g/mol. The SMILES string of the molecule is Oc1cncc(-c2cc3c(-c4nc5c([nH]4)CN=CC=C5c4cccc(F)c4)n[nH]c3cn2)c1. The van der Waals surface area contributed by atoms with Crippen LogP contribution >= 0.6 is 0 Å². The Morgan fingerprint density at radius 1 is 1.00 bits per heavy atom. The molecule has 6 rings (SSSR count). The van der Waals surface area contributed by atoms with Gasteiger partial charge in [-0.05, 0) is 35.9 Å². The molecule has 0 radical (unpaired) electrons. The molecular formula is C24H16FN7O. The van der Waals surface area contributed by atoms with Crippen LogP contribution in [0.15, 0.2) is 66.1 Å². The van der Waals surface area contributed by atoms with E-state index in [1.165, 1.54) is 18.3 Å². The number of nitrogens with zero attached hydrogens (tertiary/aromatic N) is 5. The Balaban J connectivity index is 1.47. The molecule has 0 atom stereocenters. The van der Waals surface area contributed by atoms with E-state index in [1.54, 1.807) is 30.7 Å². The van der Waals surface area contributed by atoms with Crippen molar-refractivity contribution in [3.63, 3.8) is 0 Å². The molecular weight excluding hydrogens is 421 g/mol. The summed E-state index contributed by atoms with van der Waals surface area (Å²) in [6, 6.07) is 9.89. The minimum Gasteiger partial charge on any atom is -0.506 e. The molecule has 5 heterocycles. The Morgan fingerprint density at radius 2 is 1.94 bits per heavy atom. The Morgan fingerprint density at radius 3 is 2.82 bits per heavy atom. The topological polar surface area (TPSA) is 116 Å². The van der Waals surface area contributed by atoms with Gasteiger partial charge in [-0.15, -0.1) is 0 Å². The zero-order chi connectivity index (χ0) is 22.4. The van der Waals surface area contributed by atoms with E-state index in [2.05, 4.69) is 30.1 Å². The van der Waals surface area contributed by atoms with Gasteiger partial charge in [0.15, 0.2) is 5.82 Å². The molecule has 0 saturated heterocycles. The molecule has 4 aromatic heterocycles. The van der Waals surface area contributed by atoms with E-state index < -0.39 is 0 Å². The third-order valence-electron chi connectivity index (χ3n) is 5.46. The molecule has 3 N–H and O–H groups in total. The first-order chi connectivity index (χ1) is 16.2. The fourth-order valence-electron chi connectivity index (χ4n) is 3.92. The summed E-state index contributed by atoms with van der Waals surface area (Å²) in [4.78, 5) is 21.0. The van der Waals surface area contributed by atoms with Gasteiger partial charge >= 0.3 is 0 Å². The number of benzene rings is 1. The van der Waals surface area contributed by atoms with Crippen LogP contribution in [0.1, 0.15) is 17.0 Å². The number of allylic oxidation sites excluding steroid dienone is 1. The molecule has 0 saturated carbocycles. The van der Waals surface area contributed by atoms with Gasteiger partial charge in [0.25, 0.3) is 0 Å². The van der Waals surface area contributed by atoms with Crippen molar-refractivity contribution in [2.45, 2.75) is 6.54 Å². The summed E-state index contributed by atoms with van der Waals surface area (Å²) >= 11 is 0. The number of H-pyrrole nitrogens is 2. The van der Waals surface area contributed by atoms with E-state index in [0.717, 1.165) is 27.7 Å². The van der Waals surface area contributed by atoms with Crippen molar-refractivity contribution in [1.82, 2.24) is 30.1 Å². The zero-order valence-electron chi connectivity index (χ0n) is 17.1. The summed E-state index contributed by atoms with van der Waals surface area (Å²) in [5, 5.41) is 18.0. The smallest absolute Gasteiger partial charge is 0.159 e. The van der Waals surface area contributed by atoms with Crippen molar-refractivity contribution in [2.24, 2.45) is 4.99 Å². The number of hydrogen-bond donors (Lipinski definition) is 3. The number of fused-ring (bicyclic) bond motifs is 2. The Bertz CT molecular complexity index is 1580. The molecule has 0 unspecified atom stereocenters. The van der Waals surface area contributed by atoms with Gasteiger partial charge in [-0.2, -0.15) is 5.10 Å². The predicted octanol–water partition coefficient (Wildman–Crippen LogP) is 4.27.